The van der Waals surface area contributed by atoms with Crippen molar-refractivity contribution >= 4 is 0 Å². The summed E-state index contributed by atoms with van der Waals surface area (Å²) in [5.41, 5.74) is 2.45. The van der Waals surface area contributed by atoms with Crippen molar-refractivity contribution in [3.05, 3.63) is 54.6 Å². The third-order valence-electron chi connectivity index (χ3n) is 5.17. The van der Waals surface area contributed by atoms with E-state index in [1.807, 2.05) is 12.1 Å². The van der Waals surface area contributed by atoms with Crippen LogP contribution in [0.3, 0.4) is 0 Å². The van der Waals surface area contributed by atoms with Crippen LogP contribution in [0.15, 0.2) is 48.5 Å². The molecule has 0 spiro atoms. The molecule has 2 heteroatoms. The Morgan fingerprint density at radius 2 is 1.07 bits per heavy atom. The Hall–Kier alpha value is -1.16. The first-order valence-electron chi connectivity index (χ1n) is 11.1. The molecule has 2 rings (SSSR count). The molecule has 0 radical (unpaired) electrons. The SMILES string of the molecule is CCCCCCCCCCCCCCOc1ccc(-c2cc[c-]cc2)cc1.[Li+]. The van der Waals surface area contributed by atoms with E-state index in [9.17, 15) is 0 Å². The van der Waals surface area contributed by atoms with Crippen molar-refractivity contribution in [3.63, 3.8) is 0 Å². The van der Waals surface area contributed by atoms with Gasteiger partial charge in [-0.2, -0.15) is 30.3 Å². The first-order valence-corrected chi connectivity index (χ1v) is 11.1. The minimum Gasteiger partial charge on any atom is -0.494 e. The van der Waals surface area contributed by atoms with Crippen LogP contribution in [0.2, 0.25) is 0 Å². The topological polar surface area (TPSA) is 9.23 Å². The summed E-state index contributed by atoms with van der Waals surface area (Å²) >= 11 is 0. The van der Waals surface area contributed by atoms with Crippen LogP contribution in [0.1, 0.15) is 84.0 Å². The van der Waals surface area contributed by atoms with Crippen LogP contribution < -0.4 is 23.6 Å². The van der Waals surface area contributed by atoms with E-state index in [2.05, 4.69) is 49.4 Å². The maximum absolute atomic E-state index is 5.88. The predicted octanol–water partition coefficient (Wildman–Crippen LogP) is 5.24. The number of ether oxygens (including phenoxy) is 1. The average Bonchev–Trinajstić information content (AvgIpc) is 2.72. The molecule has 0 saturated heterocycles. The Bertz CT molecular complexity index is 579. The van der Waals surface area contributed by atoms with E-state index in [1.165, 1.54) is 81.8 Å². The van der Waals surface area contributed by atoms with E-state index in [4.69, 9.17) is 4.74 Å². The van der Waals surface area contributed by atoms with Gasteiger partial charge in [-0.3, -0.25) is 0 Å². The zero-order valence-corrected chi connectivity index (χ0v) is 18.2. The van der Waals surface area contributed by atoms with Crippen LogP contribution in [0.5, 0.6) is 5.75 Å². The van der Waals surface area contributed by atoms with Gasteiger partial charge in [0.2, 0.25) is 0 Å². The monoisotopic (exact) mass is 372 g/mol. The second kappa shape index (κ2) is 16.8. The zero-order chi connectivity index (χ0) is 19.0. The average molecular weight is 373 g/mol. The van der Waals surface area contributed by atoms with Gasteiger partial charge in [0.1, 0.15) is 5.75 Å². The van der Waals surface area contributed by atoms with Gasteiger partial charge in [0.05, 0.1) is 6.61 Å². The molecule has 28 heavy (non-hydrogen) atoms. The quantitative estimate of drug-likeness (QED) is 0.236. The third-order valence-corrected chi connectivity index (χ3v) is 5.17. The van der Waals surface area contributed by atoms with Gasteiger partial charge in [-0.05, 0) is 24.1 Å². The second-order valence-corrected chi connectivity index (χ2v) is 7.55. The van der Waals surface area contributed by atoms with Crippen molar-refractivity contribution < 1.29 is 23.6 Å². The van der Waals surface area contributed by atoms with Crippen molar-refractivity contribution in [2.24, 2.45) is 0 Å². The molecule has 0 heterocycles. The molecular weight excluding hydrogens is 335 g/mol. The molecular formula is C26H37LiO. The first-order chi connectivity index (χ1) is 13.4. The predicted molar refractivity (Wildman–Crippen MR) is 117 cm³/mol. The van der Waals surface area contributed by atoms with Crippen LogP contribution in [-0.4, -0.2) is 6.61 Å². The van der Waals surface area contributed by atoms with Gasteiger partial charge in [-0.1, -0.05) is 89.7 Å². The number of rotatable bonds is 15. The minimum absolute atomic E-state index is 0. The molecule has 0 aromatic heterocycles. The van der Waals surface area contributed by atoms with Crippen LogP contribution in [0.25, 0.3) is 11.1 Å². The second-order valence-electron chi connectivity index (χ2n) is 7.55. The van der Waals surface area contributed by atoms with Crippen molar-refractivity contribution in [2.75, 3.05) is 6.61 Å². The van der Waals surface area contributed by atoms with Gasteiger partial charge in [0.25, 0.3) is 0 Å². The number of benzene rings is 2. The summed E-state index contributed by atoms with van der Waals surface area (Å²) in [5, 5.41) is 0. The minimum atomic E-state index is 0. The largest absolute Gasteiger partial charge is 1.00 e. The number of unbranched alkanes of at least 4 members (excludes halogenated alkanes) is 11. The molecule has 0 bridgehead atoms. The number of hydrogen-bond donors (Lipinski definition) is 0. The third kappa shape index (κ3) is 11.0. The molecule has 0 unspecified atom stereocenters. The van der Waals surface area contributed by atoms with E-state index in [1.54, 1.807) is 0 Å². The van der Waals surface area contributed by atoms with E-state index in [-0.39, 0.29) is 18.9 Å². The van der Waals surface area contributed by atoms with E-state index in [0.717, 1.165) is 18.8 Å². The van der Waals surface area contributed by atoms with Crippen LogP contribution in [0.4, 0.5) is 0 Å². The van der Waals surface area contributed by atoms with Gasteiger partial charge in [-0.25, -0.2) is 0 Å². The fourth-order valence-corrected chi connectivity index (χ4v) is 3.46. The molecule has 2 aromatic carbocycles. The van der Waals surface area contributed by atoms with Crippen molar-refractivity contribution in [1.29, 1.82) is 0 Å². The van der Waals surface area contributed by atoms with Gasteiger partial charge >= 0.3 is 18.9 Å². The van der Waals surface area contributed by atoms with Crippen molar-refractivity contribution in [1.82, 2.24) is 0 Å². The van der Waals surface area contributed by atoms with Crippen molar-refractivity contribution in [3.8, 4) is 16.9 Å². The van der Waals surface area contributed by atoms with Crippen LogP contribution in [-0.2, 0) is 0 Å². The molecule has 0 aliphatic heterocycles. The molecule has 1 nitrogen and oxygen atoms in total. The summed E-state index contributed by atoms with van der Waals surface area (Å²) in [6.07, 6.45) is 16.5. The van der Waals surface area contributed by atoms with Crippen LogP contribution in [0, 0.1) is 6.07 Å². The standard InChI is InChI=1S/C26H37O.Li/c1-2-3-4-5-6-7-8-9-10-11-12-16-23-27-26-21-19-25(20-22-26)24-17-14-13-15-18-24;/h14-15,17-22H,2-12,16,23H2,1H3;/q-1;+1. The molecule has 2 aromatic rings. The Morgan fingerprint density at radius 1 is 0.607 bits per heavy atom. The van der Waals surface area contributed by atoms with E-state index < -0.39 is 0 Å². The molecule has 0 saturated carbocycles. The summed E-state index contributed by atoms with van der Waals surface area (Å²) in [6.45, 7) is 3.11. The van der Waals surface area contributed by atoms with E-state index in [0.29, 0.717) is 0 Å². The summed E-state index contributed by atoms with van der Waals surface area (Å²) in [5.74, 6) is 0.976. The van der Waals surface area contributed by atoms with Crippen LogP contribution >= 0.6 is 0 Å². The summed E-state index contributed by atoms with van der Waals surface area (Å²) in [4.78, 5) is 0. The maximum atomic E-state index is 5.88. The van der Waals surface area contributed by atoms with Gasteiger partial charge in [0.15, 0.2) is 0 Å². The smallest absolute Gasteiger partial charge is 0.494 e. The first kappa shape index (κ1) is 24.9. The fourth-order valence-electron chi connectivity index (χ4n) is 3.46. The number of hydrogen-bond acceptors (Lipinski definition) is 1. The maximum Gasteiger partial charge on any atom is 1.00 e. The van der Waals surface area contributed by atoms with E-state index >= 15 is 0 Å². The Balaban J connectivity index is 0.00000392. The molecule has 0 atom stereocenters. The molecule has 0 fully saturated rings. The zero-order valence-electron chi connectivity index (χ0n) is 18.2. The summed E-state index contributed by atoms with van der Waals surface area (Å²) in [6, 6.07) is 19.5. The summed E-state index contributed by atoms with van der Waals surface area (Å²) < 4.78 is 5.88. The Morgan fingerprint density at radius 3 is 1.61 bits per heavy atom. The molecule has 0 aliphatic carbocycles. The molecule has 148 valence electrons. The normalized spacial score (nSPS) is 10.5. The summed E-state index contributed by atoms with van der Waals surface area (Å²) in [7, 11) is 0. The van der Waals surface area contributed by atoms with Gasteiger partial charge in [0, 0.05) is 0 Å². The fraction of sp³-hybridized carbons (Fsp3) is 0.538. The molecule has 0 N–H and O–H groups in total. The Labute approximate surface area is 185 Å². The van der Waals surface area contributed by atoms with Gasteiger partial charge in [-0.15, -0.1) is 5.56 Å². The van der Waals surface area contributed by atoms with Crippen molar-refractivity contribution in [2.45, 2.75) is 84.0 Å². The van der Waals surface area contributed by atoms with Gasteiger partial charge < -0.3 is 4.74 Å². The Kier molecular flexibility index (Phi) is 14.9. The molecule has 0 aliphatic rings. The molecule has 0 amide bonds.